The van der Waals surface area contributed by atoms with Crippen LogP contribution in [0, 0.1) is 0 Å². The van der Waals surface area contributed by atoms with Gasteiger partial charge in [0, 0.05) is 24.3 Å². The van der Waals surface area contributed by atoms with Gasteiger partial charge in [-0.3, -0.25) is 0 Å². The third-order valence-electron chi connectivity index (χ3n) is 4.81. The molecule has 21 heavy (non-hydrogen) atoms. The first kappa shape index (κ1) is 11.2. The highest BCUT2D eigenvalue weighted by Crippen LogP contribution is 2.45. The Bertz CT molecular complexity index is 934. The molecule has 0 N–H and O–H groups in total. The quantitative estimate of drug-likeness (QED) is 0.442. The highest BCUT2D eigenvalue weighted by molar-refractivity contribution is 6.08. The van der Waals surface area contributed by atoms with Crippen LogP contribution in [0.2, 0.25) is 0 Å². The summed E-state index contributed by atoms with van der Waals surface area (Å²) in [6.07, 6.45) is 5.44. The normalized spacial score (nSPS) is 14.4. The molecule has 2 aliphatic rings. The van der Waals surface area contributed by atoms with Crippen molar-refractivity contribution in [2.75, 3.05) is 11.9 Å². The fraction of sp³-hybridized carbons (Fsp3) is 0.100. The number of anilines is 1. The van der Waals surface area contributed by atoms with Gasteiger partial charge in [0.25, 0.3) is 0 Å². The monoisotopic (exact) mass is 269 g/mol. The van der Waals surface area contributed by atoms with Crippen molar-refractivity contribution < 1.29 is 0 Å². The number of nitrogens with zero attached hydrogens (tertiary/aromatic N) is 1. The van der Waals surface area contributed by atoms with Gasteiger partial charge in [0.05, 0.1) is 0 Å². The molecule has 0 saturated carbocycles. The molecule has 0 bridgehead atoms. The van der Waals surface area contributed by atoms with E-state index in [1.807, 2.05) is 0 Å². The summed E-state index contributed by atoms with van der Waals surface area (Å²) in [5.41, 5.74) is 8.41. The molecule has 1 heterocycles. The van der Waals surface area contributed by atoms with E-state index in [1.54, 1.807) is 0 Å². The topological polar surface area (TPSA) is 3.24 Å². The van der Waals surface area contributed by atoms with E-state index >= 15 is 0 Å². The second kappa shape index (κ2) is 3.76. The van der Waals surface area contributed by atoms with Gasteiger partial charge in [0.15, 0.2) is 0 Å². The first-order chi connectivity index (χ1) is 10.3. The van der Waals surface area contributed by atoms with E-state index < -0.39 is 0 Å². The molecule has 0 spiro atoms. The molecule has 0 aromatic heterocycles. The van der Waals surface area contributed by atoms with Crippen LogP contribution in [0.15, 0.2) is 54.7 Å². The van der Waals surface area contributed by atoms with Gasteiger partial charge < -0.3 is 4.90 Å². The Morgan fingerprint density at radius 2 is 1.86 bits per heavy atom. The standard InChI is InChI=1S/C20H15N/c1-21-10-9-14-12-17-15-6-3-2-5-13(15)11-18(17)16-7-4-8-19(21)20(14)16/h2-10,12H,11H2,1H3. The maximum Gasteiger partial charge on any atom is 0.0489 e. The van der Waals surface area contributed by atoms with Gasteiger partial charge >= 0.3 is 0 Å². The Hall–Kier alpha value is -2.54. The first-order valence-electron chi connectivity index (χ1n) is 7.41. The summed E-state index contributed by atoms with van der Waals surface area (Å²) in [6.45, 7) is 0. The fourth-order valence-electron chi connectivity index (χ4n) is 3.81. The molecule has 0 fully saturated rings. The molecule has 3 aromatic carbocycles. The predicted octanol–water partition coefficient (Wildman–Crippen LogP) is 4.83. The summed E-state index contributed by atoms with van der Waals surface area (Å²) >= 11 is 0. The average Bonchev–Trinajstić information content (AvgIpc) is 2.90. The van der Waals surface area contributed by atoms with Gasteiger partial charge in [-0.1, -0.05) is 36.4 Å². The zero-order valence-electron chi connectivity index (χ0n) is 11.9. The number of hydrogen-bond acceptors (Lipinski definition) is 1. The molecule has 100 valence electrons. The highest BCUT2D eigenvalue weighted by Gasteiger charge is 2.23. The van der Waals surface area contributed by atoms with E-state index in [1.165, 1.54) is 44.3 Å². The lowest BCUT2D eigenvalue weighted by atomic mass is 9.92. The van der Waals surface area contributed by atoms with Gasteiger partial charge in [-0.2, -0.15) is 0 Å². The molecule has 1 heteroatoms. The summed E-state index contributed by atoms with van der Waals surface area (Å²) in [4.78, 5) is 2.21. The molecule has 1 aliphatic carbocycles. The molecule has 0 atom stereocenters. The van der Waals surface area contributed by atoms with Crippen molar-refractivity contribution in [1.29, 1.82) is 0 Å². The Kier molecular flexibility index (Phi) is 2.00. The molecule has 5 rings (SSSR count). The minimum atomic E-state index is 1.05. The zero-order chi connectivity index (χ0) is 14.0. The van der Waals surface area contributed by atoms with Gasteiger partial charge in [0.2, 0.25) is 0 Å². The van der Waals surface area contributed by atoms with Gasteiger partial charge in [-0.25, -0.2) is 0 Å². The largest absolute Gasteiger partial charge is 0.351 e. The fourth-order valence-corrected chi connectivity index (χ4v) is 3.81. The van der Waals surface area contributed by atoms with Crippen molar-refractivity contribution in [3.8, 4) is 11.1 Å². The van der Waals surface area contributed by atoms with Crippen molar-refractivity contribution in [3.63, 3.8) is 0 Å². The summed E-state index contributed by atoms with van der Waals surface area (Å²) in [6, 6.07) is 17.8. The van der Waals surface area contributed by atoms with Gasteiger partial charge in [0.1, 0.15) is 0 Å². The van der Waals surface area contributed by atoms with E-state index in [-0.39, 0.29) is 0 Å². The van der Waals surface area contributed by atoms with E-state index in [0.29, 0.717) is 0 Å². The second-order valence-electron chi connectivity index (χ2n) is 5.95. The third-order valence-corrected chi connectivity index (χ3v) is 4.81. The molecular weight excluding hydrogens is 254 g/mol. The predicted molar refractivity (Wildman–Crippen MR) is 89.6 cm³/mol. The van der Waals surface area contributed by atoms with Crippen molar-refractivity contribution >= 4 is 22.5 Å². The number of hydrogen-bond donors (Lipinski definition) is 0. The number of fused-ring (bicyclic) bond motifs is 4. The average molecular weight is 269 g/mol. The van der Waals surface area contributed by atoms with Crippen LogP contribution in [0.1, 0.15) is 16.7 Å². The number of rotatable bonds is 0. The van der Waals surface area contributed by atoms with Crippen LogP contribution < -0.4 is 4.90 Å². The third kappa shape index (κ3) is 1.36. The van der Waals surface area contributed by atoms with Crippen LogP contribution in [-0.4, -0.2) is 7.05 Å². The lowest BCUT2D eigenvalue weighted by molar-refractivity contribution is 1.21. The van der Waals surface area contributed by atoms with Crippen molar-refractivity contribution in [2.24, 2.45) is 0 Å². The lowest BCUT2D eigenvalue weighted by Crippen LogP contribution is -2.11. The van der Waals surface area contributed by atoms with Crippen LogP contribution in [0.4, 0.5) is 5.69 Å². The Labute approximate surface area is 124 Å². The zero-order valence-corrected chi connectivity index (χ0v) is 11.9. The first-order valence-corrected chi connectivity index (χ1v) is 7.41. The van der Waals surface area contributed by atoms with Gasteiger partial charge in [-0.05, 0) is 57.8 Å². The summed E-state index contributed by atoms with van der Waals surface area (Å²) < 4.78 is 0. The van der Waals surface area contributed by atoms with E-state index in [2.05, 4.69) is 72.8 Å². The molecular formula is C20H15N. The van der Waals surface area contributed by atoms with Crippen LogP contribution >= 0.6 is 0 Å². The lowest BCUT2D eigenvalue weighted by Gasteiger charge is -2.23. The summed E-state index contributed by atoms with van der Waals surface area (Å²) in [7, 11) is 2.12. The maximum atomic E-state index is 2.37. The van der Waals surface area contributed by atoms with E-state index in [9.17, 15) is 0 Å². The molecule has 1 aliphatic heterocycles. The molecule has 0 unspecified atom stereocenters. The number of benzene rings is 3. The van der Waals surface area contributed by atoms with Crippen LogP contribution in [-0.2, 0) is 6.42 Å². The smallest absolute Gasteiger partial charge is 0.0489 e. The van der Waals surface area contributed by atoms with E-state index in [0.717, 1.165) is 6.42 Å². The van der Waals surface area contributed by atoms with Crippen LogP contribution in [0.5, 0.6) is 0 Å². The van der Waals surface area contributed by atoms with Gasteiger partial charge in [-0.15, -0.1) is 0 Å². The van der Waals surface area contributed by atoms with Crippen molar-refractivity contribution in [3.05, 3.63) is 71.4 Å². The van der Waals surface area contributed by atoms with E-state index in [4.69, 9.17) is 0 Å². The SMILES string of the molecule is CN1C=Cc2cc3c(c4cccc1c24)Cc1ccccc1-3. The molecule has 3 aromatic rings. The van der Waals surface area contributed by atoms with Crippen LogP contribution in [0.25, 0.3) is 28.0 Å². The molecule has 0 amide bonds. The molecule has 1 nitrogen and oxygen atoms in total. The second-order valence-corrected chi connectivity index (χ2v) is 5.95. The minimum absolute atomic E-state index is 1.05. The molecule has 0 radical (unpaired) electrons. The van der Waals surface area contributed by atoms with Crippen LogP contribution in [0.3, 0.4) is 0 Å². The maximum absolute atomic E-state index is 2.37. The Morgan fingerprint density at radius 3 is 2.81 bits per heavy atom. The van der Waals surface area contributed by atoms with Crippen molar-refractivity contribution in [2.45, 2.75) is 6.42 Å². The summed E-state index contributed by atoms with van der Waals surface area (Å²) in [5, 5.41) is 2.81. The Balaban J connectivity index is 1.94. The molecule has 0 saturated heterocycles. The minimum Gasteiger partial charge on any atom is -0.351 e. The Morgan fingerprint density at radius 1 is 0.952 bits per heavy atom. The van der Waals surface area contributed by atoms with Crippen molar-refractivity contribution in [1.82, 2.24) is 0 Å². The highest BCUT2D eigenvalue weighted by atomic mass is 15.1. The summed E-state index contributed by atoms with van der Waals surface area (Å²) in [5.74, 6) is 0.